The van der Waals surface area contributed by atoms with Crippen LogP contribution < -0.4 is 17.2 Å². The van der Waals surface area contributed by atoms with Crippen LogP contribution in [0.4, 0.5) is 0 Å². The zero-order valence-electron chi connectivity index (χ0n) is 22.7. The van der Waals surface area contributed by atoms with Crippen LogP contribution in [0.25, 0.3) is 0 Å². The molecule has 0 aromatic rings. The molecule has 3 aliphatic rings. The highest BCUT2D eigenvalue weighted by Crippen LogP contribution is 2.39. The molecule has 0 spiro atoms. The molecular weight excluding hydrogens is 594 g/mol. The van der Waals surface area contributed by atoms with E-state index in [4.69, 9.17) is 40.9 Å². The van der Waals surface area contributed by atoms with E-state index in [0.29, 0.717) is 0 Å². The maximum absolute atomic E-state index is 12.2. The molecule has 0 bridgehead atoms. The van der Waals surface area contributed by atoms with E-state index in [0.717, 1.165) is 0 Å². The summed E-state index contributed by atoms with van der Waals surface area (Å²) in [4.78, 5) is 0. The van der Waals surface area contributed by atoms with Crippen LogP contribution in [0, 0.1) is 0 Å². The van der Waals surface area contributed by atoms with E-state index in [2.05, 4.69) is 0 Å². The molecule has 0 radical (unpaired) electrons. The summed E-state index contributed by atoms with van der Waals surface area (Å²) >= 11 is 0. The van der Waals surface area contributed by atoms with Crippen molar-refractivity contribution in [3.63, 3.8) is 0 Å². The second-order valence-electron chi connectivity index (χ2n) is 10.7. The van der Waals surface area contributed by atoms with Gasteiger partial charge in [-0.15, -0.1) is 0 Å². The van der Waals surface area contributed by atoms with Gasteiger partial charge in [0.2, 0.25) is 0 Å². The van der Waals surface area contributed by atoms with E-state index in [-0.39, 0.29) is 12.8 Å². The number of ether oxygens (including phenoxy) is 5. The quantitative estimate of drug-likeness (QED) is 0.0936. The lowest BCUT2D eigenvalue weighted by Gasteiger charge is -2.52. The minimum atomic E-state index is -4.98. The summed E-state index contributed by atoms with van der Waals surface area (Å²) in [6.07, 6.45) is -18.4. The van der Waals surface area contributed by atoms with Crippen molar-refractivity contribution in [2.75, 3.05) is 19.8 Å². The van der Waals surface area contributed by atoms with Gasteiger partial charge in [0.25, 0.3) is 10.1 Å². The average molecular weight is 638 g/mol. The molecule has 42 heavy (non-hydrogen) atoms. The van der Waals surface area contributed by atoms with Gasteiger partial charge >= 0.3 is 0 Å². The number of hydrogen-bond acceptors (Lipinski definition) is 18. The van der Waals surface area contributed by atoms with Gasteiger partial charge in [0, 0.05) is 0 Å². The van der Waals surface area contributed by atoms with E-state index >= 15 is 0 Å². The van der Waals surface area contributed by atoms with Gasteiger partial charge in [-0.2, -0.15) is 8.42 Å². The fraction of sp³-hybridized carbons (Fsp3) is 1.00. The van der Waals surface area contributed by atoms with Crippen molar-refractivity contribution in [3.8, 4) is 0 Å². The number of hydrogen-bond donors (Lipinski definition) is 12. The third kappa shape index (κ3) is 6.76. The molecule has 0 aromatic carbocycles. The van der Waals surface area contributed by atoms with Crippen LogP contribution in [0.3, 0.4) is 0 Å². The minimum Gasteiger partial charge on any atom is -0.394 e. The lowest BCUT2D eigenvalue weighted by molar-refractivity contribution is -0.360. The molecule has 3 heterocycles. The highest BCUT2D eigenvalue weighted by molar-refractivity contribution is 7.86. The zero-order chi connectivity index (χ0) is 31.7. The van der Waals surface area contributed by atoms with Crippen molar-refractivity contribution in [1.29, 1.82) is 0 Å². The molecule has 0 aromatic heterocycles. The van der Waals surface area contributed by atoms with E-state index in [9.17, 15) is 53.8 Å². The Labute approximate surface area is 241 Å². The van der Waals surface area contributed by atoms with Crippen molar-refractivity contribution < 1.29 is 77.5 Å². The molecule has 248 valence electrons. The summed E-state index contributed by atoms with van der Waals surface area (Å²) in [7, 11) is -4.98. The van der Waals surface area contributed by atoms with Crippen LogP contribution in [-0.2, 0) is 33.8 Å². The Hall–Kier alpha value is -0.730. The molecule has 3 fully saturated rings. The first-order chi connectivity index (χ1) is 19.6. The molecule has 15 N–H and O–H groups in total. The van der Waals surface area contributed by atoms with Crippen LogP contribution in [-0.4, -0.2) is 170 Å². The smallest absolute Gasteiger partial charge is 0.270 e. The van der Waals surface area contributed by atoms with Gasteiger partial charge in [0.15, 0.2) is 18.9 Å². The van der Waals surface area contributed by atoms with Crippen molar-refractivity contribution in [2.24, 2.45) is 17.2 Å². The maximum atomic E-state index is 12.2. The van der Waals surface area contributed by atoms with Gasteiger partial charge < -0.3 is 81.7 Å². The molecule has 0 saturated carbocycles. The van der Waals surface area contributed by atoms with Gasteiger partial charge in [-0.1, -0.05) is 13.3 Å². The predicted octanol–water partition coefficient (Wildman–Crippen LogP) is -7.25. The Morgan fingerprint density at radius 2 is 1.31 bits per heavy atom. The Kier molecular flexibility index (Phi) is 12.0. The van der Waals surface area contributed by atoms with E-state index in [1.807, 2.05) is 0 Å². The summed E-state index contributed by atoms with van der Waals surface area (Å²) < 4.78 is 62.2. The molecule has 19 nitrogen and oxygen atoms in total. The van der Waals surface area contributed by atoms with Gasteiger partial charge in [-0.05, 0) is 6.42 Å². The van der Waals surface area contributed by atoms with Crippen molar-refractivity contribution in [2.45, 2.75) is 116 Å². The summed E-state index contributed by atoms with van der Waals surface area (Å²) in [5.74, 6) is 0. The van der Waals surface area contributed by atoms with Crippen LogP contribution >= 0.6 is 0 Å². The fourth-order valence-corrected chi connectivity index (χ4v) is 6.82. The normalized spacial score (nSPS) is 47.7. The Morgan fingerprint density at radius 1 is 0.810 bits per heavy atom. The Bertz CT molecular complexity index is 979. The molecular formula is C22H43N3O16S. The van der Waals surface area contributed by atoms with Crippen LogP contribution in [0.1, 0.15) is 19.8 Å². The summed E-state index contributed by atoms with van der Waals surface area (Å²) in [6.45, 7) is -1.21. The van der Waals surface area contributed by atoms with Crippen molar-refractivity contribution >= 4 is 10.1 Å². The van der Waals surface area contributed by atoms with Crippen molar-refractivity contribution in [3.05, 3.63) is 0 Å². The molecule has 3 aliphatic heterocycles. The fourth-order valence-electron chi connectivity index (χ4n) is 5.51. The summed E-state index contributed by atoms with van der Waals surface area (Å²) in [5.41, 5.74) is 15.3. The standard InChI is InChI=1S/C22H43N3O16S/c1-2-3-9(42(34,35)36)22(6-28)18(32)15(31)12(25)21(41-22)40-17-8(5-27)38-20(11(24)14(17)30)39-16-7(4-26)37-19(33)10(23)13(16)29/h7-21,26-33H,2-6,23-25H2,1H3,(H,34,35,36)/t7-,8-,9?,10-,11-,12-,13-,14-,15-,16?,17?,18+,19-,20+,21+,22+/m1/s1. The van der Waals surface area contributed by atoms with Crippen molar-refractivity contribution in [1.82, 2.24) is 0 Å². The average Bonchev–Trinajstić information content (AvgIpc) is 2.95. The first-order valence-electron chi connectivity index (χ1n) is 13.3. The van der Waals surface area contributed by atoms with Gasteiger partial charge in [0.1, 0.15) is 59.7 Å². The third-order valence-electron chi connectivity index (χ3n) is 7.97. The largest absolute Gasteiger partial charge is 0.394 e. The third-order valence-corrected chi connectivity index (χ3v) is 9.33. The predicted molar refractivity (Wildman–Crippen MR) is 136 cm³/mol. The second-order valence-corrected chi connectivity index (χ2v) is 12.3. The van der Waals surface area contributed by atoms with E-state index < -0.39 is 127 Å². The number of aliphatic hydroxyl groups is 8. The zero-order valence-corrected chi connectivity index (χ0v) is 23.5. The molecule has 3 unspecified atom stereocenters. The van der Waals surface area contributed by atoms with Crippen LogP contribution in [0.2, 0.25) is 0 Å². The van der Waals surface area contributed by atoms with E-state index in [1.165, 1.54) is 0 Å². The first-order valence-corrected chi connectivity index (χ1v) is 14.8. The number of aliphatic hydroxyl groups excluding tert-OH is 8. The molecule has 0 amide bonds. The molecule has 3 saturated heterocycles. The SMILES string of the molecule is CCCC([C@]1(CO)O[C@H](OC2[C@@H](CO)O[C@@H](OC3[C@@H](CO)O[C@@H](O)[C@H](N)[C@H]3O)[C@H](N)[C@H]2O)[C@H](N)[C@@H](O)[C@@H]1O)S(=O)(=O)O. The number of nitrogens with two attached hydrogens (primary N) is 3. The second kappa shape index (κ2) is 14.1. The lowest BCUT2D eigenvalue weighted by atomic mass is 9.82. The number of rotatable bonds is 11. The topological polar surface area (TPSA) is 340 Å². The highest BCUT2D eigenvalue weighted by Gasteiger charge is 2.61. The Morgan fingerprint density at radius 3 is 1.81 bits per heavy atom. The summed E-state index contributed by atoms with van der Waals surface area (Å²) in [5, 5.41) is 80.7. The monoisotopic (exact) mass is 637 g/mol. The van der Waals surface area contributed by atoms with Gasteiger partial charge in [0.05, 0.1) is 37.9 Å². The first kappa shape index (κ1) is 35.7. The van der Waals surface area contributed by atoms with E-state index in [1.54, 1.807) is 6.92 Å². The molecule has 20 heteroatoms. The molecule has 0 aliphatic carbocycles. The Balaban J connectivity index is 1.85. The molecule has 3 rings (SSSR count). The highest BCUT2D eigenvalue weighted by atomic mass is 32.2. The van der Waals surface area contributed by atoms with Gasteiger partial charge in [-0.25, -0.2) is 0 Å². The lowest BCUT2D eigenvalue weighted by Crippen LogP contribution is -2.74. The maximum Gasteiger partial charge on any atom is 0.270 e. The molecule has 16 atom stereocenters. The van der Waals surface area contributed by atoms with Gasteiger partial charge in [-0.3, -0.25) is 4.55 Å². The summed E-state index contributed by atoms with van der Waals surface area (Å²) in [6, 6.07) is -4.44. The minimum absolute atomic E-state index is 0.149. The van der Waals surface area contributed by atoms with Crippen LogP contribution in [0.5, 0.6) is 0 Å². The van der Waals surface area contributed by atoms with Crippen LogP contribution in [0.15, 0.2) is 0 Å².